The van der Waals surface area contributed by atoms with Crippen LogP contribution in [0.15, 0.2) is 30.3 Å². The van der Waals surface area contributed by atoms with Crippen molar-refractivity contribution in [2.75, 3.05) is 32.8 Å². The van der Waals surface area contributed by atoms with E-state index in [9.17, 15) is 4.79 Å². The van der Waals surface area contributed by atoms with Gasteiger partial charge in [0.15, 0.2) is 6.61 Å². The van der Waals surface area contributed by atoms with Gasteiger partial charge in [0.25, 0.3) is 0 Å². The zero-order chi connectivity index (χ0) is 17.5. The summed E-state index contributed by atoms with van der Waals surface area (Å²) in [4.78, 5) is 17.0. The number of piperidine rings is 1. The van der Waals surface area contributed by atoms with Crippen LogP contribution in [-0.2, 0) is 4.79 Å². The van der Waals surface area contributed by atoms with Crippen molar-refractivity contribution in [2.45, 2.75) is 31.7 Å². The Morgan fingerprint density at radius 2 is 1.96 bits per heavy atom. The maximum Gasteiger partial charge on any atom is 0.246 e. The van der Waals surface area contributed by atoms with Crippen LogP contribution in [0.4, 0.5) is 0 Å². The van der Waals surface area contributed by atoms with Crippen molar-refractivity contribution in [3.8, 4) is 11.8 Å². The zero-order valence-electron chi connectivity index (χ0n) is 14.6. The number of benzene rings is 1. The molecule has 0 aromatic heterocycles. The molecule has 0 N–H and O–H groups in total. The lowest BCUT2D eigenvalue weighted by molar-refractivity contribution is -0.127. The third-order valence-corrected chi connectivity index (χ3v) is 4.97. The van der Waals surface area contributed by atoms with E-state index in [1.165, 1.54) is 32.4 Å². The largest absolute Gasteiger partial charge is 0.479 e. The van der Waals surface area contributed by atoms with Gasteiger partial charge in [-0.1, -0.05) is 12.1 Å². The van der Waals surface area contributed by atoms with E-state index < -0.39 is 0 Å². The van der Waals surface area contributed by atoms with E-state index in [1.54, 1.807) is 6.08 Å². The minimum atomic E-state index is 0.0425. The number of nitriles is 1. The average Bonchev–Trinajstić information content (AvgIpc) is 3.20. The van der Waals surface area contributed by atoms with Crippen LogP contribution < -0.4 is 4.74 Å². The van der Waals surface area contributed by atoms with E-state index in [-0.39, 0.29) is 12.5 Å². The molecular weight excluding hydrogens is 314 g/mol. The first-order valence-electron chi connectivity index (χ1n) is 9.07. The van der Waals surface area contributed by atoms with Crippen LogP contribution in [0.5, 0.6) is 5.75 Å². The number of rotatable bonds is 5. The Hall–Kier alpha value is -2.32. The van der Waals surface area contributed by atoms with E-state index in [2.05, 4.69) is 4.90 Å². The van der Waals surface area contributed by atoms with Crippen molar-refractivity contribution in [1.29, 1.82) is 5.26 Å². The standard InChI is InChI=1S/C20H25N3O2/c21-11-15-25-19-8-5-17(6-9-19)7-10-20(24)23-14-3-4-18(16-23)22-12-1-2-13-22/h5-10,18H,1-4,12-16H2. The summed E-state index contributed by atoms with van der Waals surface area (Å²) >= 11 is 0. The molecule has 2 heterocycles. The predicted octanol–water partition coefficient (Wildman–Crippen LogP) is 2.69. The van der Waals surface area contributed by atoms with Gasteiger partial charge in [-0.15, -0.1) is 0 Å². The summed E-state index contributed by atoms with van der Waals surface area (Å²) in [6.45, 7) is 4.12. The molecule has 2 fully saturated rings. The summed E-state index contributed by atoms with van der Waals surface area (Å²) < 4.78 is 5.23. The fourth-order valence-electron chi connectivity index (χ4n) is 3.62. The molecule has 0 radical (unpaired) electrons. The Balaban J connectivity index is 1.53. The van der Waals surface area contributed by atoms with Crippen molar-refractivity contribution >= 4 is 12.0 Å². The number of hydrogen-bond acceptors (Lipinski definition) is 4. The van der Waals surface area contributed by atoms with Crippen LogP contribution in [0.2, 0.25) is 0 Å². The molecular formula is C20H25N3O2. The molecule has 2 saturated heterocycles. The van der Waals surface area contributed by atoms with Crippen LogP contribution >= 0.6 is 0 Å². The fraction of sp³-hybridized carbons (Fsp3) is 0.500. The molecule has 0 aliphatic carbocycles. The molecule has 0 bridgehead atoms. The van der Waals surface area contributed by atoms with Crippen molar-refractivity contribution in [2.24, 2.45) is 0 Å². The molecule has 25 heavy (non-hydrogen) atoms. The average molecular weight is 339 g/mol. The highest BCUT2D eigenvalue weighted by atomic mass is 16.5. The molecule has 132 valence electrons. The Labute approximate surface area is 149 Å². The van der Waals surface area contributed by atoms with Crippen LogP contribution in [0.3, 0.4) is 0 Å². The van der Waals surface area contributed by atoms with Crippen LogP contribution in [0.1, 0.15) is 31.2 Å². The summed E-state index contributed by atoms with van der Waals surface area (Å²) in [7, 11) is 0. The summed E-state index contributed by atoms with van der Waals surface area (Å²) in [6.07, 6.45) is 8.38. The molecule has 1 unspecified atom stereocenters. The van der Waals surface area contributed by atoms with Crippen molar-refractivity contribution in [3.63, 3.8) is 0 Å². The van der Waals surface area contributed by atoms with Crippen LogP contribution in [0.25, 0.3) is 6.08 Å². The molecule has 5 heteroatoms. The number of amides is 1. The molecule has 0 spiro atoms. The molecule has 1 amide bonds. The number of carbonyl (C=O) groups is 1. The lowest BCUT2D eigenvalue weighted by Crippen LogP contribution is -2.48. The van der Waals surface area contributed by atoms with Gasteiger partial charge >= 0.3 is 0 Å². The van der Waals surface area contributed by atoms with E-state index >= 15 is 0 Å². The van der Waals surface area contributed by atoms with E-state index in [4.69, 9.17) is 10.00 Å². The smallest absolute Gasteiger partial charge is 0.246 e. The number of likely N-dealkylation sites (tertiary alicyclic amines) is 2. The van der Waals surface area contributed by atoms with E-state index in [1.807, 2.05) is 41.3 Å². The molecule has 1 aromatic carbocycles. The van der Waals surface area contributed by atoms with Crippen molar-refractivity contribution in [3.05, 3.63) is 35.9 Å². The third kappa shape index (κ3) is 4.83. The highest BCUT2D eigenvalue weighted by Gasteiger charge is 2.28. The lowest BCUT2D eigenvalue weighted by Gasteiger charge is -2.37. The summed E-state index contributed by atoms with van der Waals surface area (Å²) in [6, 6.07) is 9.87. The number of carbonyl (C=O) groups excluding carboxylic acids is 1. The first kappa shape index (κ1) is 17.5. The monoisotopic (exact) mass is 339 g/mol. The molecule has 1 atom stereocenters. The zero-order valence-corrected chi connectivity index (χ0v) is 14.6. The van der Waals surface area contributed by atoms with E-state index in [0.717, 1.165) is 25.1 Å². The maximum atomic E-state index is 12.5. The Bertz CT molecular complexity index is 642. The van der Waals surface area contributed by atoms with Gasteiger partial charge in [-0.25, -0.2) is 0 Å². The second-order valence-corrected chi connectivity index (χ2v) is 6.67. The molecule has 5 nitrogen and oxygen atoms in total. The predicted molar refractivity (Wildman–Crippen MR) is 97.0 cm³/mol. The SMILES string of the molecule is N#CCOc1ccc(C=CC(=O)N2CCCC(N3CCCC3)C2)cc1. The van der Waals surface area contributed by atoms with Crippen molar-refractivity contribution in [1.82, 2.24) is 9.80 Å². The van der Waals surface area contributed by atoms with Gasteiger partial charge in [0.1, 0.15) is 11.8 Å². The number of ether oxygens (including phenoxy) is 1. The topological polar surface area (TPSA) is 56.6 Å². The minimum absolute atomic E-state index is 0.0425. The Kier molecular flexibility index (Phi) is 6.08. The van der Waals surface area contributed by atoms with E-state index in [0.29, 0.717) is 11.8 Å². The third-order valence-electron chi connectivity index (χ3n) is 4.97. The Morgan fingerprint density at radius 3 is 2.68 bits per heavy atom. The molecule has 3 rings (SSSR count). The Morgan fingerprint density at radius 1 is 1.20 bits per heavy atom. The highest BCUT2D eigenvalue weighted by molar-refractivity contribution is 5.91. The first-order valence-corrected chi connectivity index (χ1v) is 9.07. The number of hydrogen-bond donors (Lipinski definition) is 0. The quantitative estimate of drug-likeness (QED) is 0.774. The molecule has 2 aliphatic heterocycles. The highest BCUT2D eigenvalue weighted by Crippen LogP contribution is 2.21. The van der Waals surface area contributed by atoms with Crippen LogP contribution in [0, 0.1) is 11.3 Å². The second kappa shape index (κ2) is 8.68. The van der Waals surface area contributed by atoms with Gasteiger partial charge in [-0.2, -0.15) is 5.26 Å². The second-order valence-electron chi connectivity index (χ2n) is 6.67. The lowest BCUT2D eigenvalue weighted by atomic mass is 10.0. The number of nitrogens with zero attached hydrogens (tertiary/aromatic N) is 3. The van der Waals surface area contributed by atoms with Gasteiger partial charge < -0.3 is 9.64 Å². The van der Waals surface area contributed by atoms with Gasteiger partial charge in [0, 0.05) is 25.2 Å². The van der Waals surface area contributed by atoms with Crippen molar-refractivity contribution < 1.29 is 9.53 Å². The summed E-state index contributed by atoms with van der Waals surface area (Å²) in [5.74, 6) is 0.753. The fourth-order valence-corrected chi connectivity index (χ4v) is 3.62. The molecule has 0 saturated carbocycles. The van der Waals surface area contributed by atoms with Gasteiger partial charge in [0.05, 0.1) is 0 Å². The minimum Gasteiger partial charge on any atom is -0.479 e. The normalized spacial score (nSPS) is 21.4. The molecule has 1 aromatic rings. The summed E-state index contributed by atoms with van der Waals surface area (Å²) in [5, 5.41) is 8.51. The van der Waals surface area contributed by atoms with Gasteiger partial charge in [-0.3, -0.25) is 9.69 Å². The van der Waals surface area contributed by atoms with Gasteiger partial charge in [-0.05, 0) is 62.5 Å². The first-order chi connectivity index (χ1) is 12.3. The van der Waals surface area contributed by atoms with Crippen LogP contribution in [-0.4, -0.2) is 54.5 Å². The molecule has 2 aliphatic rings. The maximum absolute atomic E-state index is 12.5. The summed E-state index contributed by atoms with van der Waals surface area (Å²) in [5.41, 5.74) is 0.950. The van der Waals surface area contributed by atoms with Gasteiger partial charge in [0.2, 0.25) is 5.91 Å².